The molecule has 7 nitrogen and oxygen atoms in total. The van der Waals surface area contributed by atoms with Crippen molar-refractivity contribution in [2.45, 2.75) is 45.5 Å². The van der Waals surface area contributed by atoms with Crippen molar-refractivity contribution in [3.63, 3.8) is 0 Å². The van der Waals surface area contributed by atoms with Gasteiger partial charge in [0, 0.05) is 38.7 Å². The first-order chi connectivity index (χ1) is 13.3. The van der Waals surface area contributed by atoms with E-state index in [-0.39, 0.29) is 35.8 Å². The monoisotopic (exact) mass is 538 g/mol. The highest BCUT2D eigenvalue weighted by Crippen LogP contribution is 2.17. The Bertz CT molecular complexity index is 739. The number of halogens is 1. The van der Waals surface area contributed by atoms with E-state index in [1.807, 2.05) is 38.1 Å². The molecule has 1 fully saturated rings. The fourth-order valence-corrected chi connectivity index (χ4v) is 4.78. The number of aliphatic imine (C=N–C) groups is 1. The molecule has 0 saturated carbocycles. The minimum Gasteiger partial charge on any atom is -0.384 e. The highest BCUT2D eigenvalue weighted by molar-refractivity contribution is 14.0. The zero-order valence-corrected chi connectivity index (χ0v) is 21.0. The number of likely N-dealkylation sites (tertiary alicyclic amines) is 1. The van der Waals surface area contributed by atoms with Crippen molar-refractivity contribution in [1.82, 2.24) is 14.9 Å². The van der Waals surface area contributed by atoms with Crippen LogP contribution in [0, 0.1) is 5.92 Å². The highest BCUT2D eigenvalue weighted by atomic mass is 127. The van der Waals surface area contributed by atoms with Crippen LogP contribution >= 0.6 is 24.0 Å². The molecule has 2 N–H and O–H groups in total. The Balaban J connectivity index is 0.00000420. The summed E-state index contributed by atoms with van der Waals surface area (Å²) < 4.78 is 32.0. The standard InChI is InChI=1S/C20H34N4O3S.HI/c1-5-21-20(24-11-10-19(13-24)14-27-4)22-12-17-6-8-18(9-7-17)15-28(25,26)23-16(2)3;/h6-9,16,19,23H,5,10-15H2,1-4H3,(H,21,22);1H. The van der Waals surface area contributed by atoms with Gasteiger partial charge < -0.3 is 15.0 Å². The summed E-state index contributed by atoms with van der Waals surface area (Å²) in [5.74, 6) is 1.47. The van der Waals surface area contributed by atoms with Crippen LogP contribution in [0.15, 0.2) is 29.3 Å². The van der Waals surface area contributed by atoms with E-state index in [2.05, 4.69) is 21.9 Å². The third-order valence-electron chi connectivity index (χ3n) is 4.53. The van der Waals surface area contributed by atoms with Crippen LogP contribution in [-0.2, 0) is 27.1 Å². The van der Waals surface area contributed by atoms with Crippen LogP contribution < -0.4 is 10.0 Å². The fourth-order valence-electron chi connectivity index (χ4n) is 3.35. The summed E-state index contributed by atoms with van der Waals surface area (Å²) in [6.45, 7) is 9.81. The number of hydrogen-bond acceptors (Lipinski definition) is 4. The summed E-state index contributed by atoms with van der Waals surface area (Å²) in [7, 11) is -1.56. The lowest BCUT2D eigenvalue weighted by Gasteiger charge is -2.21. The quantitative estimate of drug-likeness (QED) is 0.287. The highest BCUT2D eigenvalue weighted by Gasteiger charge is 2.24. The third-order valence-corrected chi connectivity index (χ3v) is 6.07. The number of ether oxygens (including phenoxy) is 1. The van der Waals surface area contributed by atoms with Gasteiger partial charge in [0.1, 0.15) is 0 Å². The molecule has 0 aromatic heterocycles. The van der Waals surface area contributed by atoms with E-state index in [1.165, 1.54) is 0 Å². The molecular formula is C20H35IN4O3S. The van der Waals surface area contributed by atoms with Crippen LogP contribution in [0.4, 0.5) is 0 Å². The summed E-state index contributed by atoms with van der Waals surface area (Å²) in [6, 6.07) is 7.52. The van der Waals surface area contributed by atoms with Gasteiger partial charge in [0.05, 0.1) is 18.9 Å². The Morgan fingerprint density at radius 1 is 1.28 bits per heavy atom. The summed E-state index contributed by atoms with van der Waals surface area (Å²) in [6.07, 6.45) is 1.12. The van der Waals surface area contributed by atoms with Gasteiger partial charge in [0.25, 0.3) is 0 Å². The van der Waals surface area contributed by atoms with Crippen LogP contribution in [0.25, 0.3) is 0 Å². The molecule has 166 valence electrons. The maximum absolute atomic E-state index is 12.0. The lowest BCUT2D eigenvalue weighted by molar-refractivity contribution is 0.157. The lowest BCUT2D eigenvalue weighted by Crippen LogP contribution is -2.40. The van der Waals surface area contributed by atoms with E-state index in [9.17, 15) is 8.42 Å². The molecule has 1 aliphatic rings. The van der Waals surface area contributed by atoms with Crippen molar-refractivity contribution < 1.29 is 13.2 Å². The van der Waals surface area contributed by atoms with E-state index in [1.54, 1.807) is 7.11 Å². The molecular weight excluding hydrogens is 503 g/mol. The molecule has 0 amide bonds. The number of nitrogens with one attached hydrogen (secondary N) is 2. The normalized spacial score (nSPS) is 17.5. The van der Waals surface area contributed by atoms with Gasteiger partial charge in [-0.15, -0.1) is 24.0 Å². The number of methoxy groups -OCH3 is 1. The molecule has 0 aliphatic carbocycles. The predicted octanol–water partition coefficient (Wildman–Crippen LogP) is 2.57. The Kier molecular flexibility index (Phi) is 11.4. The van der Waals surface area contributed by atoms with Gasteiger partial charge >= 0.3 is 0 Å². The molecule has 1 aliphatic heterocycles. The van der Waals surface area contributed by atoms with E-state index < -0.39 is 10.0 Å². The largest absolute Gasteiger partial charge is 0.384 e. The van der Waals surface area contributed by atoms with Crippen molar-refractivity contribution in [2.24, 2.45) is 10.9 Å². The van der Waals surface area contributed by atoms with Crippen LogP contribution in [0.3, 0.4) is 0 Å². The third kappa shape index (κ3) is 9.18. The minimum atomic E-state index is -3.31. The number of guanidine groups is 1. The minimum absolute atomic E-state index is 0. The van der Waals surface area contributed by atoms with Crippen LogP contribution in [0.2, 0.25) is 0 Å². The molecule has 1 atom stereocenters. The molecule has 1 saturated heterocycles. The maximum Gasteiger partial charge on any atom is 0.216 e. The van der Waals surface area contributed by atoms with Gasteiger partial charge in [0.2, 0.25) is 10.0 Å². The fraction of sp³-hybridized carbons (Fsp3) is 0.650. The summed E-state index contributed by atoms with van der Waals surface area (Å²) in [4.78, 5) is 7.05. The number of sulfonamides is 1. The van der Waals surface area contributed by atoms with Crippen molar-refractivity contribution in [2.75, 3.05) is 33.4 Å². The summed E-state index contributed by atoms with van der Waals surface area (Å²) in [5, 5.41) is 3.37. The first-order valence-corrected chi connectivity index (χ1v) is 11.6. The maximum atomic E-state index is 12.0. The predicted molar refractivity (Wildman–Crippen MR) is 129 cm³/mol. The molecule has 1 aromatic carbocycles. The first-order valence-electron chi connectivity index (χ1n) is 9.93. The average Bonchev–Trinajstić information content (AvgIpc) is 3.07. The van der Waals surface area contributed by atoms with E-state index >= 15 is 0 Å². The topological polar surface area (TPSA) is 83.0 Å². The second-order valence-electron chi connectivity index (χ2n) is 7.57. The summed E-state index contributed by atoms with van der Waals surface area (Å²) in [5.41, 5.74) is 1.83. The van der Waals surface area contributed by atoms with Gasteiger partial charge in [-0.2, -0.15) is 0 Å². The Morgan fingerprint density at radius 2 is 1.93 bits per heavy atom. The van der Waals surface area contributed by atoms with Crippen LogP contribution in [0.1, 0.15) is 38.3 Å². The Hall–Kier alpha value is -0.910. The molecule has 0 spiro atoms. The summed E-state index contributed by atoms with van der Waals surface area (Å²) >= 11 is 0. The number of rotatable bonds is 9. The second kappa shape index (κ2) is 12.7. The van der Waals surface area contributed by atoms with Gasteiger partial charge in [-0.1, -0.05) is 24.3 Å². The molecule has 0 radical (unpaired) electrons. The first kappa shape index (κ1) is 26.1. The van der Waals surface area contributed by atoms with Crippen LogP contribution in [0.5, 0.6) is 0 Å². The SMILES string of the molecule is CCNC(=NCc1ccc(CS(=O)(=O)NC(C)C)cc1)N1CCC(COC)C1.I. The molecule has 0 bridgehead atoms. The van der Waals surface area contributed by atoms with Crippen molar-refractivity contribution in [3.05, 3.63) is 35.4 Å². The number of hydrogen-bond donors (Lipinski definition) is 2. The molecule has 1 aromatic rings. The molecule has 1 unspecified atom stereocenters. The smallest absolute Gasteiger partial charge is 0.216 e. The molecule has 1 heterocycles. The van der Waals surface area contributed by atoms with Crippen LogP contribution in [-0.4, -0.2) is 58.7 Å². The average molecular weight is 538 g/mol. The van der Waals surface area contributed by atoms with E-state index in [0.717, 1.165) is 49.7 Å². The van der Waals surface area contributed by atoms with Gasteiger partial charge in [-0.05, 0) is 38.3 Å². The van der Waals surface area contributed by atoms with Crippen molar-refractivity contribution >= 4 is 40.0 Å². The second-order valence-corrected chi connectivity index (χ2v) is 9.33. The van der Waals surface area contributed by atoms with Crippen molar-refractivity contribution in [1.29, 1.82) is 0 Å². The number of benzene rings is 1. The van der Waals surface area contributed by atoms with E-state index in [0.29, 0.717) is 12.5 Å². The van der Waals surface area contributed by atoms with E-state index in [4.69, 9.17) is 9.73 Å². The zero-order chi connectivity index (χ0) is 20.6. The Labute approximate surface area is 192 Å². The molecule has 2 rings (SSSR count). The Morgan fingerprint density at radius 3 is 2.52 bits per heavy atom. The lowest BCUT2D eigenvalue weighted by atomic mass is 10.1. The van der Waals surface area contributed by atoms with Crippen molar-refractivity contribution in [3.8, 4) is 0 Å². The molecule has 29 heavy (non-hydrogen) atoms. The number of nitrogens with zero attached hydrogens (tertiary/aromatic N) is 2. The van der Waals surface area contributed by atoms with Gasteiger partial charge in [-0.25, -0.2) is 18.1 Å². The van der Waals surface area contributed by atoms with Gasteiger partial charge in [0.15, 0.2) is 5.96 Å². The van der Waals surface area contributed by atoms with Gasteiger partial charge in [-0.3, -0.25) is 0 Å². The molecule has 9 heteroatoms. The zero-order valence-electron chi connectivity index (χ0n) is 17.8.